The summed E-state index contributed by atoms with van der Waals surface area (Å²) in [4.78, 5) is 9.67. The van der Waals surface area contributed by atoms with Crippen LogP contribution in [0.3, 0.4) is 0 Å². The molecule has 0 radical (unpaired) electrons. The van der Waals surface area contributed by atoms with Crippen LogP contribution in [0.5, 0.6) is 0 Å². The third-order valence-corrected chi connectivity index (χ3v) is 1.78. The molecule has 0 N–H and O–H groups in total. The summed E-state index contributed by atoms with van der Waals surface area (Å²) >= 11 is 0. The van der Waals surface area contributed by atoms with Gasteiger partial charge in [-0.3, -0.25) is 4.79 Å². The highest BCUT2D eigenvalue weighted by atomic mass is 19.3. The fourth-order valence-electron chi connectivity index (χ4n) is 0.927. The van der Waals surface area contributed by atoms with Gasteiger partial charge in [-0.15, -0.1) is 0 Å². The molecule has 0 bridgehead atoms. The Kier molecular flexibility index (Phi) is 5.71. The number of carbonyl (C=O) groups excluding carboxylic acids is 1. The van der Waals surface area contributed by atoms with Crippen LogP contribution >= 0.6 is 0 Å². The zero-order chi connectivity index (χ0) is 12.8. The molecule has 1 atom stereocenters. The van der Waals surface area contributed by atoms with E-state index >= 15 is 0 Å². The van der Waals surface area contributed by atoms with E-state index in [1.807, 2.05) is 0 Å². The topological polar surface area (TPSA) is 35.5 Å². The number of alkyl halides is 4. The van der Waals surface area contributed by atoms with E-state index in [4.69, 9.17) is 0 Å². The van der Waals surface area contributed by atoms with Crippen LogP contribution < -0.4 is 0 Å². The summed E-state index contributed by atoms with van der Waals surface area (Å²) in [5.41, 5.74) is 0. The van der Waals surface area contributed by atoms with E-state index < -0.39 is 31.2 Å². The molecule has 0 aromatic heterocycles. The molecular weight excluding hydrogens is 232 g/mol. The molecule has 0 saturated carbocycles. The monoisotopic (exact) mass is 246 g/mol. The number of rotatable bonds is 8. The second-order valence-electron chi connectivity index (χ2n) is 3.41. The molecule has 0 aliphatic carbocycles. The lowest BCUT2D eigenvalue weighted by atomic mass is 10.2. The molecule has 0 heterocycles. The van der Waals surface area contributed by atoms with Gasteiger partial charge < -0.3 is 9.47 Å². The lowest BCUT2D eigenvalue weighted by molar-refractivity contribution is -0.290. The molecule has 0 spiro atoms. The van der Waals surface area contributed by atoms with Gasteiger partial charge in [0, 0.05) is 0 Å². The minimum absolute atomic E-state index is 0.221. The summed E-state index contributed by atoms with van der Waals surface area (Å²) in [6.07, 6.45) is -6.28. The summed E-state index contributed by atoms with van der Waals surface area (Å²) in [5.74, 6) is -3.81. The van der Waals surface area contributed by atoms with Gasteiger partial charge >= 0.3 is 6.11 Å². The smallest absolute Gasteiger partial charge is 0.361 e. The van der Waals surface area contributed by atoms with E-state index in [-0.39, 0.29) is 12.9 Å². The Hall–Kier alpha value is -0.850. The van der Waals surface area contributed by atoms with Crippen LogP contribution in [0.1, 0.15) is 26.7 Å². The number of halogens is 4. The Bertz CT molecular complexity index is 221. The SMILES string of the molecule is CCC(C)OC(F)(F)CC(F)(F)COC=O. The van der Waals surface area contributed by atoms with Gasteiger partial charge in [-0.05, 0) is 13.3 Å². The van der Waals surface area contributed by atoms with Gasteiger partial charge in [0.15, 0.2) is 6.61 Å². The molecule has 1 unspecified atom stereocenters. The van der Waals surface area contributed by atoms with E-state index in [0.29, 0.717) is 0 Å². The average molecular weight is 246 g/mol. The van der Waals surface area contributed by atoms with E-state index in [9.17, 15) is 22.4 Å². The van der Waals surface area contributed by atoms with Crippen LogP contribution in [0.4, 0.5) is 17.6 Å². The van der Waals surface area contributed by atoms with Crippen molar-refractivity contribution < 1.29 is 31.8 Å². The van der Waals surface area contributed by atoms with Crippen molar-refractivity contribution in [3.05, 3.63) is 0 Å². The van der Waals surface area contributed by atoms with Crippen molar-refractivity contribution in [2.75, 3.05) is 6.61 Å². The summed E-state index contributed by atoms with van der Waals surface area (Å²) in [6, 6.07) is 0. The van der Waals surface area contributed by atoms with Crippen molar-refractivity contribution in [3.8, 4) is 0 Å². The maximum Gasteiger partial charge on any atom is 0.361 e. The van der Waals surface area contributed by atoms with Gasteiger partial charge in [0.05, 0.1) is 6.10 Å². The molecule has 7 heteroatoms. The molecule has 0 aromatic carbocycles. The molecule has 0 rings (SSSR count). The Labute approximate surface area is 90.7 Å². The van der Waals surface area contributed by atoms with Gasteiger partial charge in [-0.1, -0.05) is 6.92 Å². The van der Waals surface area contributed by atoms with E-state index in [1.54, 1.807) is 6.92 Å². The maximum atomic E-state index is 12.9. The van der Waals surface area contributed by atoms with Gasteiger partial charge in [0.2, 0.25) is 0 Å². The van der Waals surface area contributed by atoms with Crippen molar-refractivity contribution in [1.82, 2.24) is 0 Å². The molecule has 0 saturated heterocycles. The van der Waals surface area contributed by atoms with Crippen LogP contribution in [0, 0.1) is 0 Å². The lowest BCUT2D eigenvalue weighted by Gasteiger charge is -2.24. The fraction of sp³-hybridized carbons (Fsp3) is 0.889. The molecule has 3 nitrogen and oxygen atoms in total. The van der Waals surface area contributed by atoms with Crippen molar-refractivity contribution >= 4 is 6.47 Å². The van der Waals surface area contributed by atoms with E-state index in [0.717, 1.165) is 0 Å². The minimum Gasteiger partial charge on any atom is -0.461 e. The average Bonchev–Trinajstić information content (AvgIpc) is 2.12. The number of hydrogen-bond acceptors (Lipinski definition) is 3. The molecule has 0 fully saturated rings. The van der Waals surface area contributed by atoms with Crippen molar-refractivity contribution in [2.45, 2.75) is 44.8 Å². The maximum absolute atomic E-state index is 12.9. The first kappa shape index (κ1) is 15.2. The standard InChI is InChI=1S/C9H14F4O3/c1-3-7(2)16-9(12,13)4-8(10,11)5-15-6-14/h6-7H,3-5H2,1-2H3. The zero-order valence-electron chi connectivity index (χ0n) is 9.01. The highest BCUT2D eigenvalue weighted by Gasteiger charge is 2.45. The first-order valence-corrected chi connectivity index (χ1v) is 4.71. The molecular formula is C9H14F4O3. The van der Waals surface area contributed by atoms with Crippen LogP contribution in [0.25, 0.3) is 0 Å². The highest BCUT2D eigenvalue weighted by molar-refractivity contribution is 5.37. The largest absolute Gasteiger partial charge is 0.461 e. The lowest BCUT2D eigenvalue weighted by Crippen LogP contribution is -2.36. The van der Waals surface area contributed by atoms with Crippen molar-refractivity contribution in [1.29, 1.82) is 0 Å². The summed E-state index contributed by atoms with van der Waals surface area (Å²) in [7, 11) is 0. The molecule has 0 aliphatic heterocycles. The molecule has 16 heavy (non-hydrogen) atoms. The normalized spacial score (nSPS) is 14.6. The predicted octanol–water partition coefficient (Wildman–Crippen LogP) is 2.59. The Morgan fingerprint density at radius 2 is 1.88 bits per heavy atom. The Morgan fingerprint density at radius 3 is 2.31 bits per heavy atom. The van der Waals surface area contributed by atoms with Crippen LogP contribution in [0.15, 0.2) is 0 Å². The van der Waals surface area contributed by atoms with Crippen molar-refractivity contribution in [2.24, 2.45) is 0 Å². The Morgan fingerprint density at radius 1 is 1.31 bits per heavy atom. The second kappa shape index (κ2) is 6.03. The highest BCUT2D eigenvalue weighted by Crippen LogP contribution is 2.32. The van der Waals surface area contributed by atoms with Crippen LogP contribution in [0.2, 0.25) is 0 Å². The number of carbonyl (C=O) groups is 1. The Balaban J connectivity index is 4.26. The number of hydrogen-bond donors (Lipinski definition) is 0. The van der Waals surface area contributed by atoms with Crippen LogP contribution in [-0.4, -0.2) is 31.2 Å². The predicted molar refractivity (Wildman–Crippen MR) is 47.4 cm³/mol. The second-order valence-corrected chi connectivity index (χ2v) is 3.41. The zero-order valence-corrected chi connectivity index (χ0v) is 9.01. The van der Waals surface area contributed by atoms with Gasteiger partial charge in [0.1, 0.15) is 6.42 Å². The summed E-state index contributed by atoms with van der Waals surface area (Å²) in [6.45, 7) is 1.35. The molecule has 0 aromatic rings. The summed E-state index contributed by atoms with van der Waals surface area (Å²) < 4.78 is 59.4. The van der Waals surface area contributed by atoms with Crippen LogP contribution in [-0.2, 0) is 14.3 Å². The third kappa shape index (κ3) is 6.60. The molecule has 0 amide bonds. The van der Waals surface area contributed by atoms with E-state index in [1.165, 1.54) is 6.92 Å². The molecule has 0 aliphatic rings. The minimum atomic E-state index is -3.94. The fourth-order valence-corrected chi connectivity index (χ4v) is 0.927. The van der Waals surface area contributed by atoms with E-state index in [2.05, 4.69) is 9.47 Å². The molecule has 96 valence electrons. The first-order valence-electron chi connectivity index (χ1n) is 4.71. The summed E-state index contributed by atoms with van der Waals surface area (Å²) in [5, 5.41) is 0. The first-order chi connectivity index (χ1) is 7.22. The van der Waals surface area contributed by atoms with Gasteiger partial charge in [0.25, 0.3) is 12.4 Å². The number of ether oxygens (including phenoxy) is 2. The quantitative estimate of drug-likeness (QED) is 0.487. The van der Waals surface area contributed by atoms with Gasteiger partial charge in [-0.25, -0.2) is 8.78 Å². The van der Waals surface area contributed by atoms with Crippen molar-refractivity contribution in [3.63, 3.8) is 0 Å². The van der Waals surface area contributed by atoms with Gasteiger partial charge in [-0.2, -0.15) is 8.78 Å². The third-order valence-electron chi connectivity index (χ3n) is 1.78.